The van der Waals surface area contributed by atoms with Gasteiger partial charge in [0, 0.05) is 43.3 Å². The Morgan fingerprint density at radius 3 is 2.19 bits per heavy atom. The molecule has 1 aliphatic heterocycles. The minimum absolute atomic E-state index is 0.00403. The number of hydrogen-bond acceptors (Lipinski definition) is 3. The van der Waals surface area contributed by atoms with Gasteiger partial charge in [-0.1, -0.05) is 13.8 Å². The van der Waals surface area contributed by atoms with Crippen LogP contribution in [0.4, 0.5) is 5.69 Å². The molecule has 114 valence electrons. The molecule has 2 N–H and O–H groups in total. The first-order chi connectivity index (χ1) is 9.99. The van der Waals surface area contributed by atoms with E-state index in [2.05, 4.69) is 0 Å². The van der Waals surface area contributed by atoms with E-state index in [1.54, 1.807) is 24.3 Å². The standard InChI is InChI=1S/C16H23N3O2/c1-12(2)15(20)18-8-3-9-19(11-10-18)16(21)13-4-6-14(17)7-5-13/h4-7,12H,3,8-11,17H2,1-2H3. The van der Waals surface area contributed by atoms with Crippen LogP contribution in [0.1, 0.15) is 30.6 Å². The Balaban J connectivity index is 2.01. The van der Waals surface area contributed by atoms with E-state index in [0.717, 1.165) is 13.0 Å². The number of nitrogen functional groups attached to an aromatic ring is 1. The van der Waals surface area contributed by atoms with Crippen LogP contribution in [-0.2, 0) is 4.79 Å². The van der Waals surface area contributed by atoms with Gasteiger partial charge in [-0.3, -0.25) is 9.59 Å². The number of amides is 2. The summed E-state index contributed by atoms with van der Waals surface area (Å²) in [5, 5.41) is 0. The van der Waals surface area contributed by atoms with Crippen molar-refractivity contribution >= 4 is 17.5 Å². The molecule has 0 atom stereocenters. The first kappa shape index (κ1) is 15.4. The number of hydrogen-bond donors (Lipinski definition) is 1. The molecular weight excluding hydrogens is 266 g/mol. The molecule has 1 aromatic rings. The van der Waals surface area contributed by atoms with Crippen molar-refractivity contribution < 1.29 is 9.59 Å². The first-order valence-corrected chi connectivity index (χ1v) is 7.42. The van der Waals surface area contributed by atoms with Gasteiger partial charge < -0.3 is 15.5 Å². The van der Waals surface area contributed by atoms with Crippen molar-refractivity contribution in [1.82, 2.24) is 9.80 Å². The Morgan fingerprint density at radius 2 is 1.57 bits per heavy atom. The van der Waals surface area contributed by atoms with Crippen LogP contribution >= 0.6 is 0 Å². The van der Waals surface area contributed by atoms with Crippen LogP contribution in [0.3, 0.4) is 0 Å². The lowest BCUT2D eigenvalue weighted by Crippen LogP contribution is -2.38. The molecule has 1 aliphatic rings. The van der Waals surface area contributed by atoms with Crippen molar-refractivity contribution in [3.8, 4) is 0 Å². The molecule has 0 aromatic heterocycles. The predicted molar refractivity (Wildman–Crippen MR) is 82.8 cm³/mol. The molecule has 5 heteroatoms. The van der Waals surface area contributed by atoms with E-state index in [4.69, 9.17) is 5.73 Å². The maximum absolute atomic E-state index is 12.5. The minimum atomic E-state index is 0.00403. The van der Waals surface area contributed by atoms with E-state index in [1.807, 2.05) is 23.6 Å². The van der Waals surface area contributed by atoms with Crippen LogP contribution < -0.4 is 5.73 Å². The van der Waals surface area contributed by atoms with Crippen molar-refractivity contribution in [2.24, 2.45) is 5.92 Å². The van der Waals surface area contributed by atoms with Gasteiger partial charge in [-0.25, -0.2) is 0 Å². The number of rotatable bonds is 2. The summed E-state index contributed by atoms with van der Waals surface area (Å²) < 4.78 is 0. The summed E-state index contributed by atoms with van der Waals surface area (Å²) in [5.74, 6) is 0.176. The lowest BCUT2D eigenvalue weighted by Gasteiger charge is -2.23. The second kappa shape index (κ2) is 6.61. The molecule has 0 bridgehead atoms. The van der Waals surface area contributed by atoms with Crippen LogP contribution in [-0.4, -0.2) is 47.8 Å². The van der Waals surface area contributed by atoms with E-state index >= 15 is 0 Å². The monoisotopic (exact) mass is 289 g/mol. The fraction of sp³-hybridized carbons (Fsp3) is 0.500. The summed E-state index contributed by atoms with van der Waals surface area (Å²) in [6.07, 6.45) is 0.819. The Labute approximate surface area is 125 Å². The highest BCUT2D eigenvalue weighted by Crippen LogP contribution is 2.12. The zero-order valence-corrected chi connectivity index (χ0v) is 12.7. The maximum Gasteiger partial charge on any atom is 0.253 e. The number of benzene rings is 1. The SMILES string of the molecule is CC(C)C(=O)N1CCCN(C(=O)c2ccc(N)cc2)CC1. The van der Waals surface area contributed by atoms with Gasteiger partial charge in [0.05, 0.1) is 0 Å². The third kappa shape index (κ3) is 3.74. The summed E-state index contributed by atoms with van der Waals surface area (Å²) in [6.45, 7) is 6.42. The van der Waals surface area contributed by atoms with Gasteiger partial charge in [0.1, 0.15) is 0 Å². The second-order valence-corrected chi connectivity index (χ2v) is 5.75. The molecule has 0 saturated carbocycles. The van der Waals surface area contributed by atoms with Crippen LogP contribution in [0.5, 0.6) is 0 Å². The molecule has 2 rings (SSSR count). The van der Waals surface area contributed by atoms with Gasteiger partial charge in [-0.05, 0) is 30.7 Å². The largest absolute Gasteiger partial charge is 0.399 e. The molecule has 1 aromatic carbocycles. The lowest BCUT2D eigenvalue weighted by atomic mass is 10.2. The molecule has 5 nitrogen and oxygen atoms in total. The molecule has 0 spiro atoms. The van der Waals surface area contributed by atoms with Gasteiger partial charge in [0.25, 0.3) is 5.91 Å². The zero-order valence-electron chi connectivity index (χ0n) is 12.7. The number of nitrogens with two attached hydrogens (primary N) is 1. The number of carbonyl (C=O) groups is 2. The van der Waals surface area contributed by atoms with Crippen LogP contribution in [0.2, 0.25) is 0 Å². The third-order valence-electron chi connectivity index (χ3n) is 3.75. The van der Waals surface area contributed by atoms with Crippen molar-refractivity contribution in [2.75, 3.05) is 31.9 Å². The molecule has 0 radical (unpaired) electrons. The van der Waals surface area contributed by atoms with E-state index < -0.39 is 0 Å². The molecule has 1 saturated heterocycles. The highest BCUT2D eigenvalue weighted by Gasteiger charge is 2.23. The molecule has 1 fully saturated rings. The summed E-state index contributed by atoms with van der Waals surface area (Å²) in [4.78, 5) is 28.2. The number of anilines is 1. The van der Waals surface area contributed by atoms with E-state index in [0.29, 0.717) is 30.9 Å². The molecule has 2 amide bonds. The first-order valence-electron chi connectivity index (χ1n) is 7.42. The minimum Gasteiger partial charge on any atom is -0.399 e. The second-order valence-electron chi connectivity index (χ2n) is 5.75. The summed E-state index contributed by atoms with van der Waals surface area (Å²) in [6, 6.07) is 6.97. The van der Waals surface area contributed by atoms with Crippen LogP contribution in [0, 0.1) is 5.92 Å². The average Bonchev–Trinajstić information content (AvgIpc) is 2.72. The van der Waals surface area contributed by atoms with Crippen LogP contribution in [0.15, 0.2) is 24.3 Å². The lowest BCUT2D eigenvalue weighted by molar-refractivity contribution is -0.134. The number of nitrogens with zero attached hydrogens (tertiary/aromatic N) is 2. The van der Waals surface area contributed by atoms with Crippen molar-refractivity contribution in [3.63, 3.8) is 0 Å². The summed E-state index contributed by atoms with van der Waals surface area (Å²) >= 11 is 0. The summed E-state index contributed by atoms with van der Waals surface area (Å²) in [5.41, 5.74) is 6.94. The van der Waals surface area contributed by atoms with Gasteiger partial charge in [0.15, 0.2) is 0 Å². The fourth-order valence-electron chi connectivity index (χ4n) is 2.51. The normalized spacial score (nSPS) is 16.0. The van der Waals surface area contributed by atoms with Crippen LogP contribution in [0.25, 0.3) is 0 Å². The molecule has 0 unspecified atom stereocenters. The Hall–Kier alpha value is -2.04. The van der Waals surface area contributed by atoms with Gasteiger partial charge >= 0.3 is 0 Å². The zero-order chi connectivity index (χ0) is 15.4. The molecule has 1 heterocycles. The van der Waals surface area contributed by atoms with Gasteiger partial charge in [-0.15, -0.1) is 0 Å². The predicted octanol–water partition coefficient (Wildman–Crippen LogP) is 1.60. The van der Waals surface area contributed by atoms with E-state index in [9.17, 15) is 9.59 Å². The average molecular weight is 289 g/mol. The topological polar surface area (TPSA) is 66.6 Å². The quantitative estimate of drug-likeness (QED) is 0.841. The fourth-order valence-corrected chi connectivity index (χ4v) is 2.51. The molecule has 0 aliphatic carbocycles. The Bertz CT molecular complexity index is 511. The maximum atomic E-state index is 12.5. The smallest absolute Gasteiger partial charge is 0.253 e. The van der Waals surface area contributed by atoms with E-state index in [1.165, 1.54) is 0 Å². The molecule has 21 heavy (non-hydrogen) atoms. The third-order valence-corrected chi connectivity index (χ3v) is 3.75. The van der Waals surface area contributed by atoms with Gasteiger partial charge in [0.2, 0.25) is 5.91 Å². The Morgan fingerprint density at radius 1 is 1.00 bits per heavy atom. The van der Waals surface area contributed by atoms with E-state index in [-0.39, 0.29) is 17.7 Å². The molecular formula is C16H23N3O2. The highest BCUT2D eigenvalue weighted by molar-refractivity contribution is 5.94. The van der Waals surface area contributed by atoms with Crippen molar-refractivity contribution in [3.05, 3.63) is 29.8 Å². The highest BCUT2D eigenvalue weighted by atomic mass is 16.2. The number of carbonyl (C=O) groups excluding carboxylic acids is 2. The van der Waals surface area contributed by atoms with Crippen molar-refractivity contribution in [2.45, 2.75) is 20.3 Å². The Kier molecular flexibility index (Phi) is 4.83. The van der Waals surface area contributed by atoms with Crippen molar-refractivity contribution in [1.29, 1.82) is 0 Å². The summed E-state index contributed by atoms with van der Waals surface area (Å²) in [7, 11) is 0. The van der Waals surface area contributed by atoms with Gasteiger partial charge in [-0.2, -0.15) is 0 Å².